The van der Waals surface area contributed by atoms with Crippen LogP contribution >= 0.6 is 0 Å². The summed E-state index contributed by atoms with van der Waals surface area (Å²) in [7, 11) is 3.48. The molecule has 6 heteroatoms. The van der Waals surface area contributed by atoms with Gasteiger partial charge in [0.2, 0.25) is 0 Å². The molecule has 0 saturated carbocycles. The molecule has 142 valence electrons. The van der Waals surface area contributed by atoms with Crippen molar-refractivity contribution in [2.24, 2.45) is 7.05 Å². The fourth-order valence-electron chi connectivity index (χ4n) is 3.15. The minimum Gasteiger partial charge on any atom is -0.493 e. The number of rotatable bonds is 6. The topological polar surface area (TPSA) is 69.3 Å². The summed E-state index contributed by atoms with van der Waals surface area (Å²) in [4.78, 5) is 12.4. The second-order valence-electron chi connectivity index (χ2n) is 6.59. The van der Waals surface area contributed by atoms with Crippen LogP contribution in [0.15, 0.2) is 65.3 Å². The smallest absolute Gasteiger partial charge is 0.287 e. The molecular formula is C22H21N3O3. The van der Waals surface area contributed by atoms with Crippen LogP contribution in [0.2, 0.25) is 0 Å². The van der Waals surface area contributed by atoms with Crippen LogP contribution in [0.1, 0.15) is 16.1 Å². The summed E-state index contributed by atoms with van der Waals surface area (Å²) in [5, 5.41) is 7.94. The SMILES string of the molecule is COc1cccc2cc(C(=O)NCCc3ccc(-c4cnn(C)c4)cc3)oc12. The zero-order valence-corrected chi connectivity index (χ0v) is 15.8. The van der Waals surface area contributed by atoms with Crippen LogP contribution in [0.4, 0.5) is 0 Å². The number of carbonyl (C=O) groups is 1. The Morgan fingerprint density at radius 2 is 2.00 bits per heavy atom. The van der Waals surface area contributed by atoms with Crippen molar-refractivity contribution in [2.45, 2.75) is 6.42 Å². The molecule has 2 heterocycles. The van der Waals surface area contributed by atoms with E-state index in [1.54, 1.807) is 17.9 Å². The maximum Gasteiger partial charge on any atom is 0.287 e. The van der Waals surface area contributed by atoms with Crippen LogP contribution in [0.25, 0.3) is 22.1 Å². The molecule has 1 amide bonds. The van der Waals surface area contributed by atoms with Gasteiger partial charge in [0.1, 0.15) is 0 Å². The minimum atomic E-state index is -0.231. The summed E-state index contributed by atoms with van der Waals surface area (Å²) in [5.41, 5.74) is 3.94. The van der Waals surface area contributed by atoms with Crippen molar-refractivity contribution < 1.29 is 13.9 Å². The van der Waals surface area contributed by atoms with E-state index in [2.05, 4.69) is 34.7 Å². The Morgan fingerprint density at radius 3 is 2.71 bits per heavy atom. The number of nitrogens with one attached hydrogen (secondary N) is 1. The van der Waals surface area contributed by atoms with E-state index >= 15 is 0 Å². The first-order valence-electron chi connectivity index (χ1n) is 9.07. The van der Waals surface area contributed by atoms with E-state index in [9.17, 15) is 4.79 Å². The number of hydrogen-bond acceptors (Lipinski definition) is 4. The van der Waals surface area contributed by atoms with Gasteiger partial charge in [0.25, 0.3) is 5.91 Å². The van der Waals surface area contributed by atoms with E-state index in [1.165, 1.54) is 0 Å². The number of furan rings is 1. The summed E-state index contributed by atoms with van der Waals surface area (Å²) in [5.74, 6) is 0.668. The number of aryl methyl sites for hydroxylation is 1. The molecule has 4 rings (SSSR count). The maximum atomic E-state index is 12.4. The van der Waals surface area contributed by atoms with Gasteiger partial charge in [-0.1, -0.05) is 36.4 Å². The average molecular weight is 375 g/mol. The number of ether oxygens (including phenoxy) is 1. The highest BCUT2D eigenvalue weighted by Gasteiger charge is 2.14. The highest BCUT2D eigenvalue weighted by atomic mass is 16.5. The molecule has 0 spiro atoms. The number of fused-ring (bicyclic) bond motifs is 1. The van der Waals surface area contributed by atoms with Gasteiger partial charge in [-0.3, -0.25) is 9.48 Å². The second kappa shape index (κ2) is 7.60. The molecule has 1 N–H and O–H groups in total. The average Bonchev–Trinajstić information content (AvgIpc) is 3.34. The molecule has 0 bridgehead atoms. The fourth-order valence-corrected chi connectivity index (χ4v) is 3.15. The molecule has 6 nitrogen and oxygen atoms in total. The minimum absolute atomic E-state index is 0.231. The maximum absolute atomic E-state index is 12.4. The van der Waals surface area contributed by atoms with Crippen molar-refractivity contribution in [3.63, 3.8) is 0 Å². The molecular weight excluding hydrogens is 354 g/mol. The van der Waals surface area contributed by atoms with E-state index < -0.39 is 0 Å². The molecule has 2 aromatic heterocycles. The summed E-state index contributed by atoms with van der Waals surface area (Å²) in [6, 6.07) is 15.6. The normalized spacial score (nSPS) is 10.9. The second-order valence-corrected chi connectivity index (χ2v) is 6.59. The Balaban J connectivity index is 1.36. The van der Waals surface area contributed by atoms with Gasteiger partial charge >= 0.3 is 0 Å². The molecule has 28 heavy (non-hydrogen) atoms. The number of carbonyl (C=O) groups excluding carboxylic acids is 1. The molecule has 0 unspecified atom stereocenters. The zero-order valence-electron chi connectivity index (χ0n) is 15.8. The molecule has 0 radical (unpaired) electrons. The molecule has 2 aromatic carbocycles. The van der Waals surface area contributed by atoms with Gasteiger partial charge in [0.05, 0.1) is 13.3 Å². The lowest BCUT2D eigenvalue weighted by Gasteiger charge is -2.05. The molecule has 0 fully saturated rings. The van der Waals surface area contributed by atoms with Crippen molar-refractivity contribution in [2.75, 3.05) is 13.7 Å². The van der Waals surface area contributed by atoms with Crippen LogP contribution in [0, 0.1) is 0 Å². The standard InChI is InChI=1S/C22H21N3O3/c1-25-14-18(13-24-25)16-8-6-15(7-9-16)10-11-23-22(26)20-12-17-4-3-5-19(27-2)21(17)28-20/h3-9,12-14H,10-11H2,1-2H3,(H,23,26). The summed E-state index contributed by atoms with van der Waals surface area (Å²) < 4.78 is 12.7. The van der Waals surface area contributed by atoms with Crippen molar-refractivity contribution in [1.29, 1.82) is 0 Å². The van der Waals surface area contributed by atoms with Gasteiger partial charge in [-0.25, -0.2) is 0 Å². The Bertz CT molecular complexity index is 1110. The third kappa shape index (κ3) is 3.62. The molecule has 4 aromatic rings. The van der Waals surface area contributed by atoms with Crippen LogP contribution in [0.5, 0.6) is 5.75 Å². The van der Waals surface area contributed by atoms with Gasteiger partial charge in [-0.2, -0.15) is 5.10 Å². The molecule has 0 aliphatic rings. The van der Waals surface area contributed by atoms with Crippen molar-refractivity contribution in [1.82, 2.24) is 15.1 Å². The molecule has 0 aliphatic carbocycles. The molecule has 0 saturated heterocycles. The Hall–Kier alpha value is -3.54. The zero-order chi connectivity index (χ0) is 19.5. The number of benzene rings is 2. The number of para-hydroxylation sites is 1. The Kier molecular flexibility index (Phi) is 4.85. The first-order valence-corrected chi connectivity index (χ1v) is 9.07. The van der Waals surface area contributed by atoms with E-state index in [4.69, 9.17) is 9.15 Å². The van der Waals surface area contributed by atoms with E-state index in [-0.39, 0.29) is 11.7 Å². The molecule has 0 atom stereocenters. The van der Waals surface area contributed by atoms with E-state index in [0.717, 1.165) is 28.5 Å². The van der Waals surface area contributed by atoms with Crippen molar-refractivity contribution in [3.05, 3.63) is 72.2 Å². The predicted octanol–water partition coefficient (Wildman–Crippen LogP) is 3.81. The van der Waals surface area contributed by atoms with Crippen molar-refractivity contribution in [3.8, 4) is 16.9 Å². The number of amides is 1. The lowest BCUT2D eigenvalue weighted by atomic mass is 10.1. The summed E-state index contributed by atoms with van der Waals surface area (Å²) >= 11 is 0. The van der Waals surface area contributed by atoms with Crippen LogP contribution < -0.4 is 10.1 Å². The summed E-state index contributed by atoms with van der Waals surface area (Å²) in [6.07, 6.45) is 4.57. The lowest BCUT2D eigenvalue weighted by Crippen LogP contribution is -2.25. The highest BCUT2D eigenvalue weighted by molar-refractivity contribution is 5.97. The monoisotopic (exact) mass is 375 g/mol. The largest absolute Gasteiger partial charge is 0.493 e. The van der Waals surface area contributed by atoms with Crippen LogP contribution in [0.3, 0.4) is 0 Å². The third-order valence-corrected chi connectivity index (χ3v) is 4.64. The Labute approximate surface area is 162 Å². The first-order chi connectivity index (χ1) is 13.6. The van der Waals surface area contributed by atoms with Crippen LogP contribution in [-0.2, 0) is 13.5 Å². The number of aromatic nitrogens is 2. The van der Waals surface area contributed by atoms with Gasteiger partial charge in [-0.15, -0.1) is 0 Å². The molecule has 0 aliphatic heterocycles. The Morgan fingerprint density at radius 1 is 1.18 bits per heavy atom. The predicted molar refractivity (Wildman–Crippen MR) is 107 cm³/mol. The van der Waals surface area contributed by atoms with Gasteiger partial charge in [-0.05, 0) is 29.7 Å². The van der Waals surface area contributed by atoms with Gasteiger partial charge in [0.15, 0.2) is 17.1 Å². The van der Waals surface area contributed by atoms with Gasteiger partial charge in [0, 0.05) is 30.7 Å². The number of methoxy groups -OCH3 is 1. The third-order valence-electron chi connectivity index (χ3n) is 4.64. The van der Waals surface area contributed by atoms with Crippen molar-refractivity contribution >= 4 is 16.9 Å². The van der Waals surface area contributed by atoms with E-state index in [0.29, 0.717) is 17.9 Å². The van der Waals surface area contributed by atoms with Gasteiger partial charge < -0.3 is 14.5 Å². The number of hydrogen-bond donors (Lipinski definition) is 1. The fraction of sp³-hybridized carbons (Fsp3) is 0.182. The quantitative estimate of drug-likeness (QED) is 0.556. The lowest BCUT2D eigenvalue weighted by molar-refractivity contribution is 0.0928. The highest BCUT2D eigenvalue weighted by Crippen LogP contribution is 2.28. The van der Waals surface area contributed by atoms with E-state index in [1.807, 2.05) is 37.6 Å². The number of nitrogens with zero attached hydrogens (tertiary/aromatic N) is 2. The van der Waals surface area contributed by atoms with Crippen LogP contribution in [-0.4, -0.2) is 29.3 Å². The first kappa shape index (κ1) is 17.9. The summed E-state index contributed by atoms with van der Waals surface area (Å²) in [6.45, 7) is 0.527.